The average molecular weight is 391 g/mol. The maximum Gasteiger partial charge on any atom is 0.344 e. The van der Waals surface area contributed by atoms with Crippen molar-refractivity contribution in [3.05, 3.63) is 78.4 Å². The number of carbonyl (C=O) groups excluding carboxylic acids is 2. The summed E-state index contributed by atoms with van der Waals surface area (Å²) in [4.78, 5) is 23.8. The number of carbonyl (C=O) groups is 2. The molecule has 0 aliphatic heterocycles. The second-order valence-corrected chi connectivity index (χ2v) is 6.95. The highest BCUT2D eigenvalue weighted by Crippen LogP contribution is 2.20. The Morgan fingerprint density at radius 1 is 0.897 bits per heavy atom. The van der Waals surface area contributed by atoms with E-state index in [4.69, 9.17) is 9.47 Å². The van der Waals surface area contributed by atoms with Crippen LogP contribution in [0.15, 0.2) is 72.8 Å². The fourth-order valence-corrected chi connectivity index (χ4v) is 3.00. The number of amides is 1. The van der Waals surface area contributed by atoms with Crippen LogP contribution in [0.25, 0.3) is 10.8 Å². The summed E-state index contributed by atoms with van der Waals surface area (Å²) in [6.07, 6.45) is 1.69. The monoisotopic (exact) mass is 391 g/mol. The first-order valence-electron chi connectivity index (χ1n) is 9.70. The lowest BCUT2D eigenvalue weighted by Crippen LogP contribution is -2.36. The Balaban J connectivity index is 1.35. The molecule has 3 rings (SSSR count). The van der Waals surface area contributed by atoms with E-state index < -0.39 is 5.97 Å². The zero-order valence-electron chi connectivity index (χ0n) is 16.5. The highest BCUT2D eigenvalue weighted by molar-refractivity contribution is 5.84. The van der Waals surface area contributed by atoms with Gasteiger partial charge in [-0.2, -0.15) is 0 Å². The Kier molecular flexibility index (Phi) is 7.22. The maximum absolute atomic E-state index is 12.0. The molecule has 1 amide bonds. The van der Waals surface area contributed by atoms with Crippen LogP contribution < -0.4 is 10.1 Å². The van der Waals surface area contributed by atoms with Crippen LogP contribution in [0, 0.1) is 0 Å². The number of rotatable bonds is 9. The number of esters is 1. The predicted molar refractivity (Wildman–Crippen MR) is 113 cm³/mol. The minimum atomic E-state index is -0.578. The fourth-order valence-electron chi connectivity index (χ4n) is 3.00. The molecule has 0 aliphatic rings. The molecule has 0 heterocycles. The first kappa shape index (κ1) is 20.4. The van der Waals surface area contributed by atoms with Gasteiger partial charge in [-0.25, -0.2) is 4.79 Å². The lowest BCUT2D eigenvalue weighted by Gasteiger charge is -2.14. The summed E-state index contributed by atoms with van der Waals surface area (Å²) >= 11 is 0. The van der Waals surface area contributed by atoms with Gasteiger partial charge in [0.1, 0.15) is 5.75 Å². The summed E-state index contributed by atoms with van der Waals surface area (Å²) in [7, 11) is 0. The molecule has 0 bridgehead atoms. The number of hydrogen-bond donors (Lipinski definition) is 1. The Hall–Kier alpha value is -3.34. The molecule has 0 aromatic heterocycles. The molecule has 1 N–H and O–H groups in total. The van der Waals surface area contributed by atoms with Crippen molar-refractivity contribution in [2.24, 2.45) is 0 Å². The van der Waals surface area contributed by atoms with Crippen LogP contribution >= 0.6 is 0 Å². The molecular weight excluding hydrogens is 366 g/mol. The van der Waals surface area contributed by atoms with E-state index >= 15 is 0 Å². The number of nitrogens with one attached hydrogen (secondary N) is 1. The molecule has 3 aromatic carbocycles. The van der Waals surface area contributed by atoms with Crippen LogP contribution in [-0.4, -0.2) is 31.1 Å². The van der Waals surface area contributed by atoms with Crippen molar-refractivity contribution >= 4 is 22.6 Å². The summed E-state index contributed by atoms with van der Waals surface area (Å²) in [5.74, 6) is -0.311. The number of aryl methyl sites for hydroxylation is 1. The Morgan fingerprint density at radius 2 is 1.62 bits per heavy atom. The van der Waals surface area contributed by atoms with Gasteiger partial charge in [0.15, 0.2) is 13.2 Å². The molecule has 0 spiro atoms. The summed E-state index contributed by atoms with van der Waals surface area (Å²) in [6.45, 7) is 1.39. The van der Waals surface area contributed by atoms with Crippen LogP contribution in [0.3, 0.4) is 0 Å². The molecule has 0 aliphatic carbocycles. The number of benzene rings is 3. The minimum absolute atomic E-state index is 0.00439. The number of hydrogen-bond acceptors (Lipinski definition) is 4. The second kappa shape index (κ2) is 10.3. The molecule has 0 fully saturated rings. The van der Waals surface area contributed by atoms with Crippen molar-refractivity contribution in [1.29, 1.82) is 0 Å². The van der Waals surface area contributed by atoms with Crippen molar-refractivity contribution in [3.63, 3.8) is 0 Å². The summed E-state index contributed by atoms with van der Waals surface area (Å²) in [5, 5.41) is 4.97. The highest BCUT2D eigenvalue weighted by atomic mass is 16.6. The molecule has 5 heteroatoms. The third-order valence-electron chi connectivity index (χ3n) is 4.56. The van der Waals surface area contributed by atoms with Crippen LogP contribution in [0.2, 0.25) is 0 Å². The van der Waals surface area contributed by atoms with Crippen LogP contribution in [0.1, 0.15) is 18.9 Å². The first-order valence-corrected chi connectivity index (χ1v) is 9.70. The van der Waals surface area contributed by atoms with Gasteiger partial charge >= 0.3 is 5.97 Å². The van der Waals surface area contributed by atoms with E-state index in [1.165, 1.54) is 5.56 Å². The third kappa shape index (κ3) is 6.64. The van der Waals surface area contributed by atoms with Crippen molar-refractivity contribution in [2.45, 2.75) is 25.8 Å². The van der Waals surface area contributed by atoms with E-state index in [1.807, 2.05) is 61.5 Å². The van der Waals surface area contributed by atoms with E-state index in [2.05, 4.69) is 17.4 Å². The molecule has 0 unspecified atom stereocenters. The molecule has 0 radical (unpaired) electrons. The van der Waals surface area contributed by atoms with E-state index in [9.17, 15) is 9.59 Å². The Morgan fingerprint density at radius 3 is 2.41 bits per heavy atom. The smallest absolute Gasteiger partial charge is 0.344 e. The highest BCUT2D eigenvalue weighted by Gasteiger charge is 2.11. The van der Waals surface area contributed by atoms with Crippen molar-refractivity contribution in [3.8, 4) is 5.75 Å². The SMILES string of the molecule is C[C@@H](CCc1ccccc1)NC(=O)COC(=O)COc1ccc2ccccc2c1. The van der Waals surface area contributed by atoms with Gasteiger partial charge in [0.2, 0.25) is 0 Å². The van der Waals surface area contributed by atoms with Gasteiger partial charge in [-0.1, -0.05) is 60.7 Å². The third-order valence-corrected chi connectivity index (χ3v) is 4.56. The zero-order valence-corrected chi connectivity index (χ0v) is 16.5. The molecule has 1 atom stereocenters. The van der Waals surface area contributed by atoms with Gasteiger partial charge in [0.25, 0.3) is 5.91 Å². The molecule has 0 saturated heterocycles. The van der Waals surface area contributed by atoms with Gasteiger partial charge in [0, 0.05) is 6.04 Å². The van der Waals surface area contributed by atoms with Crippen molar-refractivity contribution in [1.82, 2.24) is 5.32 Å². The van der Waals surface area contributed by atoms with E-state index in [-0.39, 0.29) is 25.2 Å². The predicted octanol–water partition coefficient (Wildman–Crippen LogP) is 3.90. The topological polar surface area (TPSA) is 64.6 Å². The van der Waals surface area contributed by atoms with Crippen molar-refractivity contribution in [2.75, 3.05) is 13.2 Å². The number of fused-ring (bicyclic) bond motifs is 1. The lowest BCUT2D eigenvalue weighted by molar-refractivity contribution is -0.150. The summed E-state index contributed by atoms with van der Waals surface area (Å²) < 4.78 is 10.5. The quantitative estimate of drug-likeness (QED) is 0.562. The molecule has 29 heavy (non-hydrogen) atoms. The van der Waals surface area contributed by atoms with Crippen LogP contribution in [0.5, 0.6) is 5.75 Å². The summed E-state index contributed by atoms with van der Waals surface area (Å²) in [5.41, 5.74) is 1.23. The largest absolute Gasteiger partial charge is 0.482 e. The van der Waals surface area contributed by atoms with Gasteiger partial charge in [-0.05, 0) is 48.2 Å². The van der Waals surface area contributed by atoms with E-state index in [0.717, 1.165) is 23.6 Å². The van der Waals surface area contributed by atoms with E-state index in [1.54, 1.807) is 6.07 Å². The molecule has 0 saturated carbocycles. The van der Waals surface area contributed by atoms with Crippen LogP contribution in [0.4, 0.5) is 0 Å². The van der Waals surface area contributed by atoms with Crippen LogP contribution in [-0.2, 0) is 20.7 Å². The standard InChI is InChI=1S/C24H25NO4/c1-18(11-12-19-7-3-2-4-8-19)25-23(26)16-29-24(27)17-28-22-14-13-20-9-5-6-10-21(20)15-22/h2-10,13-15,18H,11-12,16-17H2,1H3,(H,25,26)/t18-/m0/s1. The van der Waals surface area contributed by atoms with Crippen molar-refractivity contribution < 1.29 is 19.1 Å². The molecule has 5 nitrogen and oxygen atoms in total. The second-order valence-electron chi connectivity index (χ2n) is 6.95. The Bertz CT molecular complexity index is 955. The van der Waals surface area contributed by atoms with Gasteiger partial charge in [-0.3, -0.25) is 4.79 Å². The lowest BCUT2D eigenvalue weighted by atomic mass is 10.1. The Labute approximate surface area is 170 Å². The van der Waals surface area contributed by atoms with Gasteiger partial charge in [-0.15, -0.1) is 0 Å². The van der Waals surface area contributed by atoms with Gasteiger partial charge in [0.05, 0.1) is 0 Å². The molecule has 150 valence electrons. The average Bonchev–Trinajstić information content (AvgIpc) is 2.75. The van der Waals surface area contributed by atoms with E-state index in [0.29, 0.717) is 5.75 Å². The maximum atomic E-state index is 12.0. The fraction of sp³-hybridized carbons (Fsp3) is 0.250. The zero-order chi connectivity index (χ0) is 20.5. The minimum Gasteiger partial charge on any atom is -0.482 e. The first-order chi connectivity index (χ1) is 14.1. The van der Waals surface area contributed by atoms with Gasteiger partial charge < -0.3 is 14.8 Å². The molecule has 3 aromatic rings. The summed E-state index contributed by atoms with van der Waals surface area (Å²) in [6, 6.07) is 23.6. The normalized spacial score (nSPS) is 11.6. The number of ether oxygens (including phenoxy) is 2. The molecular formula is C24H25NO4.